The Balaban J connectivity index is 2.06. The van der Waals surface area contributed by atoms with Gasteiger partial charge in [0.2, 0.25) is 0 Å². The molecule has 0 unspecified atom stereocenters. The molecule has 7 nitrogen and oxygen atoms in total. The summed E-state index contributed by atoms with van der Waals surface area (Å²) < 4.78 is 3.57. The minimum Gasteiger partial charge on any atom is -0.476 e. The van der Waals surface area contributed by atoms with Crippen molar-refractivity contribution in [3.8, 4) is 11.3 Å². The van der Waals surface area contributed by atoms with Crippen molar-refractivity contribution < 1.29 is 9.90 Å². The van der Waals surface area contributed by atoms with Crippen LogP contribution in [0.1, 0.15) is 55.6 Å². The smallest absolute Gasteiger partial charge is 0.358 e. The molecule has 1 N–H and O–H groups in total. The maximum atomic E-state index is 11.4. The molecule has 0 spiro atoms. The van der Waals surface area contributed by atoms with Crippen molar-refractivity contribution in [3.63, 3.8) is 0 Å². The SMILES string of the molecule is CCn1cc(-c2c(C(=O)O)nnn2C2CCCCC2)cn1. The van der Waals surface area contributed by atoms with Crippen LogP contribution in [0.5, 0.6) is 0 Å². The summed E-state index contributed by atoms with van der Waals surface area (Å²) in [5, 5.41) is 21.6. The quantitative estimate of drug-likeness (QED) is 0.933. The van der Waals surface area contributed by atoms with Gasteiger partial charge in [0.1, 0.15) is 5.69 Å². The van der Waals surface area contributed by atoms with Crippen LogP contribution in [0.3, 0.4) is 0 Å². The second-order valence-electron chi connectivity index (χ2n) is 5.41. The Labute approximate surface area is 122 Å². The lowest BCUT2D eigenvalue weighted by Gasteiger charge is -2.22. The van der Waals surface area contributed by atoms with Crippen LogP contribution in [0, 0.1) is 0 Å². The summed E-state index contributed by atoms with van der Waals surface area (Å²) in [7, 11) is 0. The molecule has 0 atom stereocenters. The maximum absolute atomic E-state index is 11.4. The van der Waals surface area contributed by atoms with E-state index >= 15 is 0 Å². The van der Waals surface area contributed by atoms with Crippen LogP contribution in [0.25, 0.3) is 11.3 Å². The molecule has 0 saturated heterocycles. The van der Waals surface area contributed by atoms with E-state index in [0.29, 0.717) is 5.69 Å². The van der Waals surface area contributed by atoms with E-state index in [1.54, 1.807) is 15.6 Å². The average molecular weight is 289 g/mol. The van der Waals surface area contributed by atoms with E-state index in [-0.39, 0.29) is 11.7 Å². The number of carbonyl (C=O) groups is 1. The first-order chi connectivity index (χ1) is 10.2. The van der Waals surface area contributed by atoms with Gasteiger partial charge in [-0.25, -0.2) is 9.48 Å². The number of rotatable bonds is 4. The number of nitrogens with zero attached hydrogens (tertiary/aromatic N) is 5. The molecule has 1 aliphatic carbocycles. The molecule has 21 heavy (non-hydrogen) atoms. The monoisotopic (exact) mass is 289 g/mol. The summed E-state index contributed by atoms with van der Waals surface area (Å²) in [6, 6.07) is 0.235. The molecular weight excluding hydrogens is 270 g/mol. The first-order valence-corrected chi connectivity index (χ1v) is 7.42. The van der Waals surface area contributed by atoms with Crippen LogP contribution in [0.2, 0.25) is 0 Å². The van der Waals surface area contributed by atoms with Crippen LogP contribution in [-0.2, 0) is 6.54 Å². The molecule has 2 heterocycles. The Morgan fingerprint density at radius 3 is 2.76 bits per heavy atom. The minimum absolute atomic E-state index is 0.0104. The Morgan fingerprint density at radius 2 is 2.14 bits per heavy atom. The van der Waals surface area contributed by atoms with Gasteiger partial charge in [0.15, 0.2) is 5.69 Å². The lowest BCUT2D eigenvalue weighted by Crippen LogP contribution is -2.15. The van der Waals surface area contributed by atoms with Gasteiger partial charge < -0.3 is 5.11 Å². The summed E-state index contributed by atoms with van der Waals surface area (Å²) in [6.45, 7) is 2.74. The first kappa shape index (κ1) is 13.8. The van der Waals surface area contributed by atoms with Crippen molar-refractivity contribution in [2.75, 3.05) is 0 Å². The lowest BCUT2D eigenvalue weighted by molar-refractivity contribution is 0.0691. The Kier molecular flexibility index (Phi) is 3.72. The van der Waals surface area contributed by atoms with Gasteiger partial charge in [-0.15, -0.1) is 5.10 Å². The zero-order valence-corrected chi connectivity index (χ0v) is 12.1. The van der Waals surface area contributed by atoms with Gasteiger partial charge >= 0.3 is 5.97 Å². The van der Waals surface area contributed by atoms with E-state index in [4.69, 9.17) is 0 Å². The molecule has 1 aliphatic rings. The van der Waals surface area contributed by atoms with Crippen molar-refractivity contribution in [2.24, 2.45) is 0 Å². The van der Waals surface area contributed by atoms with Crippen molar-refractivity contribution >= 4 is 5.97 Å². The Bertz CT molecular complexity index is 640. The fourth-order valence-corrected chi connectivity index (χ4v) is 2.95. The number of hydrogen-bond acceptors (Lipinski definition) is 4. The fourth-order valence-electron chi connectivity index (χ4n) is 2.95. The number of aryl methyl sites for hydroxylation is 1. The standard InChI is InChI=1S/C14H19N5O2/c1-2-18-9-10(8-15-18)13-12(14(20)21)16-17-19(13)11-6-4-3-5-7-11/h8-9,11H,2-7H2,1H3,(H,20,21). The highest BCUT2D eigenvalue weighted by atomic mass is 16.4. The predicted octanol–water partition coefficient (Wildman–Crippen LogP) is 2.36. The van der Waals surface area contributed by atoms with Crippen LogP contribution in [0.15, 0.2) is 12.4 Å². The van der Waals surface area contributed by atoms with E-state index in [9.17, 15) is 9.90 Å². The largest absolute Gasteiger partial charge is 0.476 e. The normalized spacial score (nSPS) is 16.2. The molecule has 2 aromatic heterocycles. The van der Waals surface area contributed by atoms with Gasteiger partial charge in [0, 0.05) is 18.3 Å². The summed E-state index contributed by atoms with van der Waals surface area (Å²) in [5.74, 6) is -1.05. The van der Waals surface area contributed by atoms with E-state index in [1.807, 2.05) is 13.1 Å². The molecule has 0 bridgehead atoms. The average Bonchev–Trinajstić information content (AvgIpc) is 3.14. The highest BCUT2D eigenvalue weighted by Crippen LogP contribution is 2.32. The van der Waals surface area contributed by atoms with Crippen LogP contribution in [-0.4, -0.2) is 35.9 Å². The third-order valence-electron chi connectivity index (χ3n) is 4.05. The molecule has 7 heteroatoms. The van der Waals surface area contributed by atoms with Crippen LogP contribution in [0.4, 0.5) is 0 Å². The fraction of sp³-hybridized carbons (Fsp3) is 0.571. The molecule has 3 rings (SSSR count). The number of carboxylic acid groups (broad SMARTS) is 1. The predicted molar refractivity (Wildman–Crippen MR) is 76.0 cm³/mol. The Hall–Kier alpha value is -2.18. The van der Waals surface area contributed by atoms with Crippen molar-refractivity contribution in [1.82, 2.24) is 24.8 Å². The second kappa shape index (κ2) is 5.67. The molecule has 0 aliphatic heterocycles. The second-order valence-corrected chi connectivity index (χ2v) is 5.41. The van der Waals surface area contributed by atoms with E-state index in [0.717, 1.165) is 37.8 Å². The highest BCUT2D eigenvalue weighted by Gasteiger charge is 2.26. The third-order valence-corrected chi connectivity index (χ3v) is 4.05. The summed E-state index contributed by atoms with van der Waals surface area (Å²) in [5.41, 5.74) is 1.36. The van der Waals surface area contributed by atoms with Gasteiger partial charge in [-0.3, -0.25) is 4.68 Å². The van der Waals surface area contributed by atoms with Gasteiger partial charge in [-0.05, 0) is 19.8 Å². The number of hydrogen-bond donors (Lipinski definition) is 1. The molecule has 1 fully saturated rings. The Morgan fingerprint density at radius 1 is 1.38 bits per heavy atom. The molecular formula is C14H19N5O2. The molecule has 2 aromatic rings. The van der Waals surface area contributed by atoms with Crippen molar-refractivity contribution in [1.29, 1.82) is 0 Å². The molecule has 0 aromatic carbocycles. The van der Waals surface area contributed by atoms with Gasteiger partial charge in [0.25, 0.3) is 0 Å². The molecule has 0 radical (unpaired) electrons. The van der Waals surface area contributed by atoms with E-state index in [1.165, 1.54) is 6.42 Å². The topological polar surface area (TPSA) is 85.8 Å². The number of carboxylic acids is 1. The van der Waals surface area contributed by atoms with Crippen LogP contribution < -0.4 is 0 Å². The number of aromatic carboxylic acids is 1. The minimum atomic E-state index is -1.05. The molecule has 0 amide bonds. The maximum Gasteiger partial charge on any atom is 0.358 e. The third kappa shape index (κ3) is 2.55. The lowest BCUT2D eigenvalue weighted by atomic mass is 9.95. The molecule has 112 valence electrons. The van der Waals surface area contributed by atoms with E-state index < -0.39 is 5.97 Å². The van der Waals surface area contributed by atoms with Crippen molar-refractivity contribution in [3.05, 3.63) is 18.1 Å². The van der Waals surface area contributed by atoms with Gasteiger partial charge in [-0.1, -0.05) is 24.5 Å². The zero-order chi connectivity index (χ0) is 14.8. The summed E-state index contributed by atoms with van der Waals surface area (Å²) >= 11 is 0. The molecule has 1 saturated carbocycles. The zero-order valence-electron chi connectivity index (χ0n) is 12.1. The van der Waals surface area contributed by atoms with Gasteiger partial charge in [-0.2, -0.15) is 5.10 Å². The highest BCUT2D eigenvalue weighted by molar-refractivity contribution is 5.92. The van der Waals surface area contributed by atoms with Crippen LogP contribution >= 0.6 is 0 Å². The first-order valence-electron chi connectivity index (χ1n) is 7.42. The van der Waals surface area contributed by atoms with E-state index in [2.05, 4.69) is 15.4 Å². The summed E-state index contributed by atoms with van der Waals surface area (Å²) in [6.07, 6.45) is 9.13. The number of aromatic nitrogens is 5. The summed E-state index contributed by atoms with van der Waals surface area (Å²) in [4.78, 5) is 11.4. The van der Waals surface area contributed by atoms with Gasteiger partial charge in [0.05, 0.1) is 12.2 Å². The van der Waals surface area contributed by atoms with Crippen molar-refractivity contribution in [2.45, 2.75) is 51.6 Å².